The maximum Gasteiger partial charge on any atom is 0.264 e. The van der Waals surface area contributed by atoms with Gasteiger partial charge in [0.05, 0.1) is 12.1 Å². The molecule has 7 heteroatoms. The molecule has 7 nitrogen and oxygen atoms in total. The van der Waals surface area contributed by atoms with Crippen LogP contribution < -0.4 is 9.64 Å². The van der Waals surface area contributed by atoms with Crippen molar-refractivity contribution in [3.8, 4) is 5.75 Å². The average Bonchev–Trinajstić information content (AvgIpc) is 2.64. The van der Waals surface area contributed by atoms with Gasteiger partial charge in [0.25, 0.3) is 5.91 Å². The second kappa shape index (κ2) is 7.35. The Labute approximate surface area is 153 Å². The minimum Gasteiger partial charge on any atom is -0.482 e. The molecule has 3 rings (SSSR count). The van der Waals surface area contributed by atoms with Crippen molar-refractivity contribution in [3.63, 3.8) is 0 Å². The van der Waals surface area contributed by atoms with E-state index in [1.165, 1.54) is 0 Å². The molecule has 2 aliphatic rings. The van der Waals surface area contributed by atoms with Crippen LogP contribution in [0.2, 0.25) is 0 Å². The molecule has 1 aromatic carbocycles. The highest BCUT2D eigenvalue weighted by molar-refractivity contribution is 5.97. The average molecular weight is 359 g/mol. The summed E-state index contributed by atoms with van der Waals surface area (Å²) >= 11 is 0. The summed E-state index contributed by atoms with van der Waals surface area (Å²) in [5, 5.41) is 0. The fourth-order valence-corrected chi connectivity index (χ4v) is 3.26. The summed E-state index contributed by atoms with van der Waals surface area (Å²) in [6.45, 7) is 6.10. The fraction of sp³-hybridized carbons (Fsp3) is 0.526. The van der Waals surface area contributed by atoms with E-state index in [-0.39, 0.29) is 36.7 Å². The maximum atomic E-state index is 12.6. The zero-order valence-corrected chi connectivity index (χ0v) is 15.5. The van der Waals surface area contributed by atoms with Crippen molar-refractivity contribution in [2.45, 2.75) is 20.3 Å². The van der Waals surface area contributed by atoms with Crippen LogP contribution in [0.15, 0.2) is 18.2 Å². The fourth-order valence-electron chi connectivity index (χ4n) is 3.26. The molecular formula is C19H25N3O4. The second-order valence-electron chi connectivity index (χ2n) is 7.08. The van der Waals surface area contributed by atoms with Crippen LogP contribution in [-0.4, -0.2) is 67.4 Å². The maximum absolute atomic E-state index is 12.6. The standard InChI is InChI=1S/C19H25N3O4/c1-13(2)19(25)22-8-6-21(7-9-22)17(23)11-14-4-5-16-15(10-14)20(3)18(24)12-26-16/h4-5,10,13H,6-9,11-12H2,1-3H3. The second-order valence-corrected chi connectivity index (χ2v) is 7.08. The zero-order chi connectivity index (χ0) is 18.8. The molecule has 0 aromatic heterocycles. The number of anilines is 1. The third kappa shape index (κ3) is 3.66. The number of hydrogen-bond donors (Lipinski definition) is 0. The molecular weight excluding hydrogens is 334 g/mol. The van der Waals surface area contributed by atoms with Gasteiger partial charge in [0, 0.05) is 39.1 Å². The lowest BCUT2D eigenvalue weighted by atomic mass is 10.1. The van der Waals surface area contributed by atoms with Crippen LogP contribution >= 0.6 is 0 Å². The lowest BCUT2D eigenvalue weighted by molar-refractivity contribution is -0.141. The zero-order valence-electron chi connectivity index (χ0n) is 15.5. The molecule has 0 radical (unpaired) electrons. The van der Waals surface area contributed by atoms with Gasteiger partial charge in [0.15, 0.2) is 6.61 Å². The number of carbonyl (C=O) groups is 3. The summed E-state index contributed by atoms with van der Waals surface area (Å²) in [4.78, 5) is 41.6. The van der Waals surface area contributed by atoms with E-state index >= 15 is 0 Å². The van der Waals surface area contributed by atoms with Crippen LogP contribution in [0.1, 0.15) is 19.4 Å². The Morgan fingerprint density at radius 3 is 2.42 bits per heavy atom. The van der Waals surface area contributed by atoms with Crippen LogP contribution in [0.5, 0.6) is 5.75 Å². The first-order valence-electron chi connectivity index (χ1n) is 8.95. The number of carbonyl (C=O) groups excluding carboxylic acids is 3. The van der Waals surface area contributed by atoms with Crippen LogP contribution in [-0.2, 0) is 20.8 Å². The number of piperazine rings is 1. The van der Waals surface area contributed by atoms with E-state index in [0.29, 0.717) is 37.6 Å². The summed E-state index contributed by atoms with van der Waals surface area (Å²) in [5.74, 6) is 0.706. The van der Waals surface area contributed by atoms with Gasteiger partial charge in [-0.15, -0.1) is 0 Å². The van der Waals surface area contributed by atoms with Gasteiger partial charge >= 0.3 is 0 Å². The van der Waals surface area contributed by atoms with Crippen molar-refractivity contribution >= 4 is 23.4 Å². The number of rotatable bonds is 3. The Hall–Kier alpha value is -2.57. The Bertz CT molecular complexity index is 723. The first kappa shape index (κ1) is 18.2. The third-order valence-corrected chi connectivity index (χ3v) is 4.90. The Morgan fingerprint density at radius 1 is 1.12 bits per heavy atom. The van der Waals surface area contributed by atoms with Gasteiger partial charge in [0.1, 0.15) is 5.75 Å². The van der Waals surface area contributed by atoms with Gasteiger partial charge < -0.3 is 19.4 Å². The number of benzene rings is 1. The molecule has 0 saturated carbocycles. The first-order valence-corrected chi connectivity index (χ1v) is 8.95. The van der Waals surface area contributed by atoms with E-state index in [2.05, 4.69) is 0 Å². The van der Waals surface area contributed by atoms with Crippen LogP contribution in [0.25, 0.3) is 0 Å². The number of nitrogens with zero attached hydrogens (tertiary/aromatic N) is 3. The molecule has 140 valence electrons. The van der Waals surface area contributed by atoms with Crippen molar-refractivity contribution in [2.24, 2.45) is 5.92 Å². The van der Waals surface area contributed by atoms with Crippen molar-refractivity contribution in [2.75, 3.05) is 44.7 Å². The predicted octanol–water partition coefficient (Wildman–Crippen LogP) is 0.911. The van der Waals surface area contributed by atoms with Crippen molar-refractivity contribution in [1.82, 2.24) is 9.80 Å². The monoisotopic (exact) mass is 359 g/mol. The first-order chi connectivity index (χ1) is 12.4. The van der Waals surface area contributed by atoms with E-state index in [4.69, 9.17) is 4.74 Å². The molecule has 0 atom stereocenters. The van der Waals surface area contributed by atoms with Crippen LogP contribution in [0.4, 0.5) is 5.69 Å². The molecule has 3 amide bonds. The summed E-state index contributed by atoms with van der Waals surface area (Å²) in [6.07, 6.45) is 0.271. The minimum absolute atomic E-state index is 0.0188. The Balaban J connectivity index is 1.61. The largest absolute Gasteiger partial charge is 0.482 e. The quantitative estimate of drug-likeness (QED) is 0.804. The highest BCUT2D eigenvalue weighted by atomic mass is 16.5. The summed E-state index contributed by atoms with van der Waals surface area (Å²) < 4.78 is 5.41. The molecule has 2 aliphatic heterocycles. The lowest BCUT2D eigenvalue weighted by Crippen LogP contribution is -2.51. The third-order valence-electron chi connectivity index (χ3n) is 4.90. The van der Waals surface area contributed by atoms with E-state index in [0.717, 1.165) is 5.56 Å². The summed E-state index contributed by atoms with van der Waals surface area (Å²) in [7, 11) is 1.71. The number of likely N-dealkylation sites (N-methyl/N-ethyl adjacent to an activating group) is 1. The molecule has 1 aromatic rings. The van der Waals surface area contributed by atoms with Crippen molar-refractivity contribution in [1.29, 1.82) is 0 Å². The van der Waals surface area contributed by atoms with Gasteiger partial charge in [0.2, 0.25) is 11.8 Å². The van der Waals surface area contributed by atoms with E-state index in [9.17, 15) is 14.4 Å². The van der Waals surface area contributed by atoms with Gasteiger partial charge in [-0.2, -0.15) is 0 Å². The molecule has 0 N–H and O–H groups in total. The normalized spacial score (nSPS) is 17.2. The van der Waals surface area contributed by atoms with E-state index in [1.54, 1.807) is 22.9 Å². The van der Waals surface area contributed by atoms with Crippen LogP contribution in [0.3, 0.4) is 0 Å². The number of ether oxygens (including phenoxy) is 1. The molecule has 0 bridgehead atoms. The summed E-state index contributed by atoms with van der Waals surface area (Å²) in [5.41, 5.74) is 1.54. The lowest BCUT2D eigenvalue weighted by Gasteiger charge is -2.35. The van der Waals surface area contributed by atoms with E-state index < -0.39 is 0 Å². The molecule has 0 unspecified atom stereocenters. The molecule has 0 aliphatic carbocycles. The van der Waals surface area contributed by atoms with Crippen LogP contribution in [0, 0.1) is 5.92 Å². The highest BCUT2D eigenvalue weighted by Gasteiger charge is 2.26. The van der Waals surface area contributed by atoms with Gasteiger partial charge in [-0.05, 0) is 17.7 Å². The minimum atomic E-state index is -0.105. The Kier molecular flexibility index (Phi) is 5.15. The molecule has 26 heavy (non-hydrogen) atoms. The topological polar surface area (TPSA) is 70.2 Å². The van der Waals surface area contributed by atoms with Crippen molar-refractivity contribution in [3.05, 3.63) is 23.8 Å². The smallest absolute Gasteiger partial charge is 0.264 e. The van der Waals surface area contributed by atoms with Gasteiger partial charge in [-0.1, -0.05) is 19.9 Å². The molecule has 1 fully saturated rings. The van der Waals surface area contributed by atoms with Gasteiger partial charge in [-0.25, -0.2) is 0 Å². The number of fused-ring (bicyclic) bond motifs is 1. The summed E-state index contributed by atoms with van der Waals surface area (Å²) in [6, 6.07) is 5.50. The van der Waals surface area contributed by atoms with Gasteiger partial charge in [-0.3, -0.25) is 14.4 Å². The highest BCUT2D eigenvalue weighted by Crippen LogP contribution is 2.32. The predicted molar refractivity (Wildman–Crippen MR) is 97.0 cm³/mol. The SMILES string of the molecule is CC(C)C(=O)N1CCN(C(=O)Cc2ccc3c(c2)N(C)C(=O)CO3)CC1. The molecule has 2 heterocycles. The number of amides is 3. The molecule has 1 saturated heterocycles. The molecule has 0 spiro atoms. The Morgan fingerprint density at radius 2 is 1.77 bits per heavy atom. The number of hydrogen-bond acceptors (Lipinski definition) is 4. The van der Waals surface area contributed by atoms with Crippen molar-refractivity contribution < 1.29 is 19.1 Å². The van der Waals surface area contributed by atoms with E-state index in [1.807, 2.05) is 30.9 Å².